The van der Waals surface area contributed by atoms with Crippen LogP contribution >= 0.6 is 0 Å². The van der Waals surface area contributed by atoms with Gasteiger partial charge in [0.25, 0.3) is 0 Å². The van der Waals surface area contributed by atoms with Gasteiger partial charge in [0, 0.05) is 20.2 Å². The third-order valence-corrected chi connectivity index (χ3v) is 3.28. The molecule has 3 heteroatoms. The Labute approximate surface area is 103 Å². The van der Waals surface area contributed by atoms with Crippen LogP contribution in [0.4, 0.5) is 0 Å². The highest BCUT2D eigenvalue weighted by atomic mass is 16.5. The quantitative estimate of drug-likeness (QED) is 0.642. The highest BCUT2D eigenvalue weighted by molar-refractivity contribution is 5.85. The molecule has 1 aromatic rings. The van der Waals surface area contributed by atoms with Crippen molar-refractivity contribution in [2.75, 3.05) is 20.2 Å². The topological polar surface area (TPSA) is 36.3 Å². The largest absolute Gasteiger partial charge is 0.369 e. The van der Waals surface area contributed by atoms with Gasteiger partial charge in [0.2, 0.25) is 0 Å². The van der Waals surface area contributed by atoms with E-state index in [1.54, 1.807) is 7.11 Å². The Kier molecular flexibility index (Phi) is 4.15. The molecule has 1 aromatic carbocycles. The molecule has 0 radical (unpaired) electrons. The Morgan fingerprint density at radius 3 is 2.41 bits per heavy atom. The molecule has 1 aliphatic rings. The Bertz CT molecular complexity index is 358. The first-order chi connectivity index (χ1) is 8.33. The van der Waals surface area contributed by atoms with Crippen LogP contribution in [-0.4, -0.2) is 30.9 Å². The van der Waals surface area contributed by atoms with E-state index in [0.717, 1.165) is 18.7 Å². The zero-order valence-electron chi connectivity index (χ0n) is 10.4. The van der Waals surface area contributed by atoms with Crippen molar-refractivity contribution in [2.45, 2.75) is 25.4 Å². The van der Waals surface area contributed by atoms with Crippen molar-refractivity contribution in [1.29, 1.82) is 5.41 Å². The van der Waals surface area contributed by atoms with Crippen LogP contribution in [0.1, 0.15) is 30.9 Å². The normalized spacial score (nSPS) is 17.8. The first-order valence-corrected chi connectivity index (χ1v) is 6.24. The van der Waals surface area contributed by atoms with Crippen LogP contribution in [0.5, 0.6) is 0 Å². The molecule has 1 N–H and O–H groups in total. The third kappa shape index (κ3) is 2.86. The molecule has 0 bridgehead atoms. The van der Waals surface area contributed by atoms with E-state index in [2.05, 4.69) is 4.90 Å². The average Bonchev–Trinajstić information content (AvgIpc) is 2.42. The van der Waals surface area contributed by atoms with Gasteiger partial charge in [-0.05, 0) is 24.8 Å². The lowest BCUT2D eigenvalue weighted by Gasteiger charge is -2.32. The Morgan fingerprint density at radius 2 is 1.82 bits per heavy atom. The summed E-state index contributed by atoms with van der Waals surface area (Å²) in [6.45, 7) is 1.98. The molecular weight excluding hydrogens is 212 g/mol. The number of hydrogen-bond acceptors (Lipinski definition) is 2. The van der Waals surface area contributed by atoms with E-state index in [0.29, 0.717) is 5.84 Å². The lowest BCUT2D eigenvalue weighted by Crippen LogP contribution is -2.38. The van der Waals surface area contributed by atoms with E-state index in [4.69, 9.17) is 10.1 Å². The predicted octanol–water partition coefficient (Wildman–Crippen LogP) is 2.84. The molecule has 0 amide bonds. The fraction of sp³-hybridized carbons (Fsp3) is 0.500. The smallest absolute Gasteiger partial charge is 0.139 e. The van der Waals surface area contributed by atoms with E-state index in [9.17, 15) is 0 Å². The second-order valence-corrected chi connectivity index (χ2v) is 4.46. The minimum Gasteiger partial charge on any atom is -0.369 e. The van der Waals surface area contributed by atoms with Crippen molar-refractivity contribution in [1.82, 2.24) is 4.90 Å². The predicted molar refractivity (Wildman–Crippen MR) is 69.3 cm³/mol. The molecule has 2 rings (SSSR count). The number of methoxy groups -OCH3 is 1. The highest BCUT2D eigenvalue weighted by Gasteiger charge is 2.22. The minimum atomic E-state index is -0.228. The highest BCUT2D eigenvalue weighted by Crippen LogP contribution is 2.21. The summed E-state index contributed by atoms with van der Waals surface area (Å²) in [5.41, 5.74) is 1.06. The van der Waals surface area contributed by atoms with Crippen LogP contribution in [-0.2, 0) is 4.74 Å². The third-order valence-electron chi connectivity index (χ3n) is 3.28. The molecule has 1 heterocycles. The van der Waals surface area contributed by atoms with Crippen LogP contribution in [0.3, 0.4) is 0 Å². The standard InChI is InChI=1S/C14H20N2O/c1-17-13(12-8-4-2-5-9-12)14(15)16-10-6-3-7-11-16/h2,4-5,8-9,13,15H,3,6-7,10-11H2,1H3. The maximum atomic E-state index is 8.28. The van der Waals surface area contributed by atoms with E-state index < -0.39 is 0 Å². The summed E-state index contributed by atoms with van der Waals surface area (Å²) in [6, 6.07) is 10.0. The summed E-state index contributed by atoms with van der Waals surface area (Å²) in [4.78, 5) is 2.14. The number of amidine groups is 1. The zero-order valence-corrected chi connectivity index (χ0v) is 10.4. The molecule has 0 spiro atoms. The van der Waals surface area contributed by atoms with Crippen molar-refractivity contribution in [2.24, 2.45) is 0 Å². The summed E-state index contributed by atoms with van der Waals surface area (Å²) < 4.78 is 5.49. The number of hydrogen-bond donors (Lipinski definition) is 1. The summed E-state index contributed by atoms with van der Waals surface area (Å²) >= 11 is 0. The first kappa shape index (κ1) is 12.1. The van der Waals surface area contributed by atoms with Crippen LogP contribution in [0.25, 0.3) is 0 Å². The molecule has 0 aromatic heterocycles. The Morgan fingerprint density at radius 1 is 1.18 bits per heavy atom. The van der Waals surface area contributed by atoms with Gasteiger partial charge in [-0.15, -0.1) is 0 Å². The second-order valence-electron chi connectivity index (χ2n) is 4.46. The second kappa shape index (κ2) is 5.82. The van der Waals surface area contributed by atoms with Gasteiger partial charge in [-0.1, -0.05) is 30.3 Å². The zero-order chi connectivity index (χ0) is 12.1. The molecule has 0 saturated carbocycles. The van der Waals surface area contributed by atoms with Gasteiger partial charge in [-0.3, -0.25) is 5.41 Å². The average molecular weight is 232 g/mol. The summed E-state index contributed by atoms with van der Waals surface area (Å²) in [7, 11) is 1.68. The number of nitrogens with zero attached hydrogens (tertiary/aromatic N) is 1. The van der Waals surface area contributed by atoms with Gasteiger partial charge < -0.3 is 9.64 Å². The first-order valence-electron chi connectivity index (χ1n) is 6.24. The molecule has 1 aliphatic heterocycles. The van der Waals surface area contributed by atoms with E-state index in [-0.39, 0.29) is 6.10 Å². The number of benzene rings is 1. The molecule has 1 unspecified atom stereocenters. The van der Waals surface area contributed by atoms with E-state index in [1.165, 1.54) is 19.3 Å². The number of nitrogens with one attached hydrogen (secondary N) is 1. The molecule has 3 nitrogen and oxygen atoms in total. The monoisotopic (exact) mass is 232 g/mol. The van der Waals surface area contributed by atoms with Crippen molar-refractivity contribution in [3.63, 3.8) is 0 Å². The summed E-state index contributed by atoms with van der Waals surface area (Å²) in [5, 5.41) is 8.28. The fourth-order valence-corrected chi connectivity index (χ4v) is 2.33. The van der Waals surface area contributed by atoms with Crippen molar-refractivity contribution in [3.8, 4) is 0 Å². The SMILES string of the molecule is COC(C(=N)N1CCCCC1)c1ccccc1. The van der Waals surface area contributed by atoms with Crippen molar-refractivity contribution < 1.29 is 4.74 Å². The van der Waals surface area contributed by atoms with Crippen LogP contribution in [0, 0.1) is 5.41 Å². The lowest BCUT2D eigenvalue weighted by atomic mass is 10.1. The number of ether oxygens (including phenoxy) is 1. The lowest BCUT2D eigenvalue weighted by molar-refractivity contribution is 0.140. The van der Waals surface area contributed by atoms with Gasteiger partial charge in [-0.25, -0.2) is 0 Å². The maximum Gasteiger partial charge on any atom is 0.139 e. The van der Waals surface area contributed by atoms with Crippen LogP contribution in [0.15, 0.2) is 30.3 Å². The molecule has 1 atom stereocenters. The summed E-state index contributed by atoms with van der Waals surface area (Å²) in [5.74, 6) is 0.596. The number of likely N-dealkylation sites (tertiary alicyclic amines) is 1. The van der Waals surface area contributed by atoms with Crippen molar-refractivity contribution in [3.05, 3.63) is 35.9 Å². The van der Waals surface area contributed by atoms with E-state index in [1.807, 2.05) is 30.3 Å². The van der Waals surface area contributed by atoms with Crippen molar-refractivity contribution >= 4 is 5.84 Å². The molecule has 1 fully saturated rings. The Hall–Kier alpha value is -1.35. The Balaban J connectivity index is 2.10. The molecular formula is C14H20N2O. The number of piperidine rings is 1. The van der Waals surface area contributed by atoms with Gasteiger partial charge in [-0.2, -0.15) is 0 Å². The fourth-order valence-electron chi connectivity index (χ4n) is 2.33. The molecule has 92 valence electrons. The molecule has 17 heavy (non-hydrogen) atoms. The maximum absolute atomic E-state index is 8.28. The van der Waals surface area contributed by atoms with E-state index >= 15 is 0 Å². The van der Waals surface area contributed by atoms with Crippen LogP contribution < -0.4 is 0 Å². The number of rotatable bonds is 3. The van der Waals surface area contributed by atoms with Gasteiger partial charge in [0.1, 0.15) is 11.9 Å². The molecule has 0 aliphatic carbocycles. The van der Waals surface area contributed by atoms with Gasteiger partial charge in [0.05, 0.1) is 0 Å². The summed E-state index contributed by atoms with van der Waals surface area (Å²) in [6.07, 6.45) is 3.43. The minimum absolute atomic E-state index is 0.228. The van der Waals surface area contributed by atoms with Gasteiger partial charge in [0.15, 0.2) is 0 Å². The molecule has 1 saturated heterocycles. The van der Waals surface area contributed by atoms with Crippen LogP contribution in [0.2, 0.25) is 0 Å². The van der Waals surface area contributed by atoms with Gasteiger partial charge >= 0.3 is 0 Å².